The Balaban J connectivity index is 1.17. The van der Waals surface area contributed by atoms with Crippen molar-refractivity contribution in [1.82, 2.24) is 14.8 Å². The standard InChI is InChI=1S/C24H26FN3O2/c25-21-7-5-17-6-8-22(29)28-16-18(23(21)24(17)28)15-27-12-9-19(10-13-27)26-11-1-3-20-4-2-14-30-20/h1-8,14,18-19,26H,9-13,15-16H2/t18-/m1/s1. The molecule has 2 aromatic heterocycles. The third-order valence-electron chi connectivity index (χ3n) is 6.36. The van der Waals surface area contributed by atoms with Gasteiger partial charge in [0.15, 0.2) is 0 Å². The Morgan fingerprint density at radius 3 is 2.80 bits per heavy atom. The second kappa shape index (κ2) is 8.20. The van der Waals surface area contributed by atoms with E-state index in [0.29, 0.717) is 18.2 Å². The maximum Gasteiger partial charge on any atom is 0.251 e. The number of benzene rings is 1. The molecule has 30 heavy (non-hydrogen) atoms. The Morgan fingerprint density at radius 2 is 2.00 bits per heavy atom. The topological polar surface area (TPSA) is 50.4 Å². The van der Waals surface area contributed by atoms with Gasteiger partial charge >= 0.3 is 0 Å². The fraction of sp³-hybridized carbons (Fsp3) is 0.375. The van der Waals surface area contributed by atoms with Crippen molar-refractivity contribution in [3.05, 3.63) is 76.2 Å². The quantitative estimate of drug-likeness (QED) is 0.678. The largest absolute Gasteiger partial charge is 0.465 e. The van der Waals surface area contributed by atoms with Crippen LogP contribution in [0.2, 0.25) is 0 Å². The average Bonchev–Trinajstić information content (AvgIpc) is 3.40. The molecule has 6 heteroatoms. The second-order valence-electron chi connectivity index (χ2n) is 8.28. The van der Waals surface area contributed by atoms with E-state index in [4.69, 9.17) is 4.42 Å². The summed E-state index contributed by atoms with van der Waals surface area (Å²) in [5, 5.41) is 4.53. The first kappa shape index (κ1) is 19.3. The summed E-state index contributed by atoms with van der Waals surface area (Å²) in [6, 6.07) is 11.0. The third kappa shape index (κ3) is 3.73. The van der Waals surface area contributed by atoms with E-state index in [2.05, 4.69) is 16.3 Å². The number of hydrogen-bond donors (Lipinski definition) is 1. The normalized spacial score (nSPS) is 20.0. The molecule has 1 fully saturated rings. The molecule has 0 saturated carbocycles. The van der Waals surface area contributed by atoms with Gasteiger partial charge in [-0.25, -0.2) is 4.39 Å². The number of halogens is 1. The first-order valence-corrected chi connectivity index (χ1v) is 10.7. The van der Waals surface area contributed by atoms with Crippen molar-refractivity contribution < 1.29 is 8.81 Å². The lowest BCUT2D eigenvalue weighted by Gasteiger charge is -2.34. The summed E-state index contributed by atoms with van der Waals surface area (Å²) in [7, 11) is 0. The van der Waals surface area contributed by atoms with Crippen LogP contribution in [0.15, 0.2) is 57.9 Å². The Morgan fingerprint density at radius 1 is 1.17 bits per heavy atom. The first-order valence-electron chi connectivity index (χ1n) is 10.7. The van der Waals surface area contributed by atoms with Crippen LogP contribution in [0.1, 0.15) is 30.1 Å². The molecule has 1 N–H and O–H groups in total. The van der Waals surface area contributed by atoms with E-state index in [1.165, 1.54) is 6.07 Å². The van der Waals surface area contributed by atoms with Gasteiger partial charge in [-0.15, -0.1) is 0 Å². The SMILES string of the molecule is O=c1ccc2ccc(F)c3c2n1C[C@H]3CN1CCC(NCC=Cc2ccco2)CC1. The van der Waals surface area contributed by atoms with Crippen LogP contribution in [0.4, 0.5) is 4.39 Å². The number of nitrogens with one attached hydrogen (secondary N) is 1. The monoisotopic (exact) mass is 407 g/mol. The molecular formula is C24H26FN3O2. The van der Waals surface area contributed by atoms with E-state index in [9.17, 15) is 9.18 Å². The minimum Gasteiger partial charge on any atom is -0.465 e. The predicted molar refractivity (Wildman–Crippen MR) is 116 cm³/mol. The predicted octanol–water partition coefficient (Wildman–Crippen LogP) is 3.60. The number of piperidine rings is 1. The van der Waals surface area contributed by atoms with Gasteiger partial charge in [0.05, 0.1) is 11.8 Å². The summed E-state index contributed by atoms with van der Waals surface area (Å²) in [4.78, 5) is 14.7. The summed E-state index contributed by atoms with van der Waals surface area (Å²) in [5.41, 5.74) is 1.46. The van der Waals surface area contributed by atoms with Crippen LogP contribution in [0.25, 0.3) is 17.0 Å². The lowest BCUT2D eigenvalue weighted by atomic mass is 9.97. The fourth-order valence-electron chi connectivity index (χ4n) is 4.85. The third-order valence-corrected chi connectivity index (χ3v) is 6.36. The molecule has 3 aromatic rings. The van der Waals surface area contributed by atoms with E-state index < -0.39 is 0 Å². The molecule has 0 amide bonds. The number of pyridine rings is 1. The lowest BCUT2D eigenvalue weighted by Crippen LogP contribution is -2.44. The molecule has 156 valence electrons. The smallest absolute Gasteiger partial charge is 0.251 e. The van der Waals surface area contributed by atoms with E-state index >= 15 is 0 Å². The molecule has 0 bridgehead atoms. The molecule has 4 heterocycles. The molecule has 0 radical (unpaired) electrons. The highest BCUT2D eigenvalue weighted by molar-refractivity contribution is 5.84. The number of aromatic nitrogens is 1. The number of hydrogen-bond acceptors (Lipinski definition) is 4. The van der Waals surface area contributed by atoms with Crippen molar-refractivity contribution in [2.75, 3.05) is 26.2 Å². The van der Waals surface area contributed by atoms with Crippen LogP contribution < -0.4 is 10.9 Å². The van der Waals surface area contributed by atoms with Crippen molar-refractivity contribution in [1.29, 1.82) is 0 Å². The van der Waals surface area contributed by atoms with Gasteiger partial charge in [-0.05, 0) is 67.7 Å². The molecule has 0 aliphatic carbocycles. The minimum absolute atomic E-state index is 0.0320. The van der Waals surface area contributed by atoms with Crippen molar-refractivity contribution in [2.24, 2.45) is 0 Å². The minimum atomic E-state index is -0.191. The zero-order chi connectivity index (χ0) is 20.5. The zero-order valence-electron chi connectivity index (χ0n) is 16.9. The van der Waals surface area contributed by atoms with E-state index in [1.807, 2.05) is 18.2 Å². The zero-order valence-corrected chi connectivity index (χ0v) is 16.9. The van der Waals surface area contributed by atoms with Gasteiger partial charge in [0.1, 0.15) is 11.6 Å². The molecule has 1 saturated heterocycles. The van der Waals surface area contributed by atoms with Gasteiger partial charge in [-0.1, -0.05) is 6.08 Å². The van der Waals surface area contributed by atoms with Gasteiger partial charge < -0.3 is 19.2 Å². The van der Waals surface area contributed by atoms with Crippen LogP contribution in [-0.4, -0.2) is 41.7 Å². The number of likely N-dealkylation sites (tertiary alicyclic amines) is 1. The van der Waals surface area contributed by atoms with Gasteiger partial charge in [0.2, 0.25) is 0 Å². The number of rotatable bonds is 6. The highest BCUT2D eigenvalue weighted by atomic mass is 19.1. The van der Waals surface area contributed by atoms with Gasteiger partial charge in [-0.3, -0.25) is 4.79 Å². The Hall–Kier alpha value is -2.70. The van der Waals surface area contributed by atoms with Gasteiger partial charge in [-0.2, -0.15) is 0 Å². The van der Waals surface area contributed by atoms with E-state index in [1.54, 1.807) is 29.0 Å². The summed E-state index contributed by atoms with van der Waals surface area (Å²) in [6.45, 7) is 4.15. The fourth-order valence-corrected chi connectivity index (χ4v) is 4.85. The highest BCUT2D eigenvalue weighted by Gasteiger charge is 2.31. The average molecular weight is 407 g/mol. The Labute approximate surface area is 174 Å². The molecule has 2 aliphatic heterocycles. The molecule has 0 unspecified atom stereocenters. The number of furan rings is 1. The van der Waals surface area contributed by atoms with Crippen molar-refractivity contribution in [3.63, 3.8) is 0 Å². The van der Waals surface area contributed by atoms with Crippen molar-refractivity contribution in [2.45, 2.75) is 31.3 Å². The lowest BCUT2D eigenvalue weighted by molar-refractivity contribution is 0.186. The molecule has 1 atom stereocenters. The summed E-state index contributed by atoms with van der Waals surface area (Å²) < 4.78 is 21.7. The van der Waals surface area contributed by atoms with E-state index in [0.717, 1.165) is 55.7 Å². The molecule has 5 nitrogen and oxygen atoms in total. The molecule has 2 aliphatic rings. The maximum absolute atomic E-state index is 14.7. The van der Waals surface area contributed by atoms with Crippen molar-refractivity contribution >= 4 is 17.0 Å². The molecule has 1 aromatic carbocycles. The van der Waals surface area contributed by atoms with Crippen LogP contribution in [0, 0.1) is 5.82 Å². The maximum atomic E-state index is 14.7. The number of nitrogens with zero attached hydrogens (tertiary/aromatic N) is 2. The molecule has 5 rings (SSSR count). The van der Waals surface area contributed by atoms with Crippen LogP contribution in [0.5, 0.6) is 0 Å². The highest BCUT2D eigenvalue weighted by Crippen LogP contribution is 2.35. The first-order chi connectivity index (χ1) is 14.7. The van der Waals surface area contributed by atoms with Crippen LogP contribution >= 0.6 is 0 Å². The molecular weight excluding hydrogens is 381 g/mol. The Kier molecular flexibility index (Phi) is 5.27. The van der Waals surface area contributed by atoms with Gasteiger partial charge in [0.25, 0.3) is 5.56 Å². The van der Waals surface area contributed by atoms with Crippen LogP contribution in [0.3, 0.4) is 0 Å². The second-order valence-corrected chi connectivity index (χ2v) is 8.28. The summed E-state index contributed by atoms with van der Waals surface area (Å²) in [6.07, 6.45) is 7.88. The van der Waals surface area contributed by atoms with Crippen LogP contribution in [-0.2, 0) is 6.54 Å². The summed E-state index contributed by atoms with van der Waals surface area (Å²) in [5.74, 6) is 0.708. The molecule has 0 spiro atoms. The Bertz CT molecular complexity index is 1110. The summed E-state index contributed by atoms with van der Waals surface area (Å²) >= 11 is 0. The van der Waals surface area contributed by atoms with Gasteiger partial charge in [0, 0.05) is 43.2 Å². The van der Waals surface area contributed by atoms with E-state index in [-0.39, 0.29) is 17.3 Å². The van der Waals surface area contributed by atoms with Crippen molar-refractivity contribution in [3.8, 4) is 0 Å².